The summed E-state index contributed by atoms with van der Waals surface area (Å²) in [6.07, 6.45) is 2.65. The van der Waals surface area contributed by atoms with Gasteiger partial charge in [0, 0.05) is 32.1 Å². The lowest BCUT2D eigenvalue weighted by atomic mass is 10.0. The topological polar surface area (TPSA) is 152 Å². The van der Waals surface area contributed by atoms with E-state index in [1.165, 1.54) is 10.6 Å². The van der Waals surface area contributed by atoms with Gasteiger partial charge in [-0.05, 0) is 31.7 Å². The van der Waals surface area contributed by atoms with Crippen molar-refractivity contribution in [3.63, 3.8) is 0 Å². The van der Waals surface area contributed by atoms with Crippen LogP contribution in [0.5, 0.6) is 0 Å². The summed E-state index contributed by atoms with van der Waals surface area (Å²) in [6, 6.07) is 7.40. The second-order valence-corrected chi connectivity index (χ2v) is 13.2. The molecule has 0 bridgehead atoms. The molecule has 2 aliphatic carbocycles. The van der Waals surface area contributed by atoms with Crippen LogP contribution in [0, 0.1) is 12.8 Å². The van der Waals surface area contributed by atoms with Crippen molar-refractivity contribution in [2.24, 2.45) is 5.92 Å². The lowest BCUT2D eigenvalue weighted by molar-refractivity contribution is -0.130. The molecule has 2 heterocycles. The number of hydrogen-bond donors (Lipinski definition) is 3. The number of sulfonamides is 1. The zero-order chi connectivity index (χ0) is 30.1. The number of halogens is 1. The molecule has 3 atom stereocenters. The Balaban J connectivity index is 1.45. The van der Waals surface area contributed by atoms with E-state index in [0.29, 0.717) is 44.7 Å². The van der Waals surface area contributed by atoms with Crippen molar-refractivity contribution in [3.05, 3.63) is 69.8 Å². The molecule has 1 aromatic heterocycles. The normalized spacial score (nSPS) is 23.0. The molecule has 2 aromatic rings. The van der Waals surface area contributed by atoms with Gasteiger partial charge in [0.15, 0.2) is 11.0 Å². The van der Waals surface area contributed by atoms with Crippen LogP contribution in [-0.4, -0.2) is 84.9 Å². The van der Waals surface area contributed by atoms with Crippen LogP contribution >= 0.6 is 11.6 Å². The monoisotopic (exact) mass is 618 g/mol. The molecule has 1 aliphatic heterocycles. The third-order valence-corrected chi connectivity index (χ3v) is 10.2. The van der Waals surface area contributed by atoms with E-state index in [1.54, 1.807) is 37.3 Å². The summed E-state index contributed by atoms with van der Waals surface area (Å²) in [4.78, 5) is 47.7. The van der Waals surface area contributed by atoms with E-state index >= 15 is 0 Å². The third-order valence-electron chi connectivity index (χ3n) is 7.99. The van der Waals surface area contributed by atoms with E-state index in [9.17, 15) is 22.8 Å². The molecule has 2 saturated carbocycles. The Morgan fingerprint density at radius 2 is 1.93 bits per heavy atom. The molecule has 5 rings (SSSR count). The van der Waals surface area contributed by atoms with Crippen LogP contribution in [0.1, 0.15) is 36.6 Å². The highest BCUT2D eigenvalue weighted by Gasteiger charge is 2.61. The minimum absolute atomic E-state index is 0.00837. The highest BCUT2D eigenvalue weighted by Crippen LogP contribution is 2.45. The van der Waals surface area contributed by atoms with Crippen molar-refractivity contribution in [1.29, 1.82) is 0 Å². The number of amides is 2. The number of ether oxygens (including phenoxy) is 1. The molecular formula is C28H35ClN6O6S. The molecular weight excluding hydrogens is 584 g/mol. The molecule has 3 aliphatic rings. The molecule has 14 heteroatoms. The molecule has 1 unspecified atom stereocenters. The fourth-order valence-electron chi connectivity index (χ4n) is 5.23. The van der Waals surface area contributed by atoms with Crippen molar-refractivity contribution in [3.8, 4) is 0 Å². The lowest BCUT2D eigenvalue weighted by Gasteiger charge is -2.27. The molecule has 1 saturated heterocycles. The van der Waals surface area contributed by atoms with Gasteiger partial charge in [-0.2, -0.15) is 0 Å². The van der Waals surface area contributed by atoms with E-state index in [1.807, 2.05) is 0 Å². The maximum atomic E-state index is 14.1. The first-order valence-electron chi connectivity index (χ1n) is 14.0. The van der Waals surface area contributed by atoms with Gasteiger partial charge < -0.3 is 15.4 Å². The Morgan fingerprint density at radius 1 is 1.24 bits per heavy atom. The zero-order valence-corrected chi connectivity index (χ0v) is 24.9. The van der Waals surface area contributed by atoms with Gasteiger partial charge in [0.25, 0.3) is 11.5 Å². The van der Waals surface area contributed by atoms with Crippen molar-refractivity contribution in [2.45, 2.75) is 43.0 Å². The molecule has 12 nitrogen and oxygen atoms in total. The van der Waals surface area contributed by atoms with Crippen molar-refractivity contribution >= 4 is 39.3 Å². The number of morpholine rings is 1. The number of benzene rings is 1. The van der Waals surface area contributed by atoms with E-state index < -0.39 is 50.1 Å². The van der Waals surface area contributed by atoms with E-state index in [0.717, 1.165) is 13.1 Å². The fourth-order valence-corrected chi connectivity index (χ4v) is 6.77. The van der Waals surface area contributed by atoms with Crippen LogP contribution in [0.15, 0.2) is 47.8 Å². The predicted octanol–water partition coefficient (Wildman–Crippen LogP) is 1.21. The number of nitrogens with zero attached hydrogens (tertiary/aromatic N) is 3. The quantitative estimate of drug-likeness (QED) is 0.298. The number of nitrogens with one attached hydrogen (secondary N) is 3. The van der Waals surface area contributed by atoms with Gasteiger partial charge in [-0.3, -0.25) is 28.6 Å². The Hall–Kier alpha value is -3.26. The molecule has 0 radical (unpaired) electrons. The van der Waals surface area contributed by atoms with Gasteiger partial charge in [-0.25, -0.2) is 13.4 Å². The lowest BCUT2D eigenvalue weighted by Crippen LogP contribution is -2.54. The molecule has 3 fully saturated rings. The van der Waals surface area contributed by atoms with Crippen LogP contribution in [0.2, 0.25) is 5.15 Å². The number of aromatic nitrogens is 2. The van der Waals surface area contributed by atoms with Gasteiger partial charge in [0.1, 0.15) is 11.6 Å². The fraction of sp³-hybridized carbons (Fsp3) is 0.500. The maximum Gasteiger partial charge on any atom is 0.294 e. The Kier molecular flexibility index (Phi) is 8.74. The van der Waals surface area contributed by atoms with Crippen molar-refractivity contribution in [1.82, 2.24) is 24.5 Å². The first kappa shape index (κ1) is 30.2. The molecule has 226 valence electrons. The minimum Gasteiger partial charge on any atom is -0.379 e. The molecule has 2 amide bonds. The molecule has 1 aromatic carbocycles. The molecule has 42 heavy (non-hydrogen) atoms. The second kappa shape index (κ2) is 12.2. The molecule has 3 N–H and O–H groups in total. The van der Waals surface area contributed by atoms with Crippen molar-refractivity contribution in [2.75, 3.05) is 44.7 Å². The van der Waals surface area contributed by atoms with Crippen LogP contribution in [0.25, 0.3) is 0 Å². The summed E-state index contributed by atoms with van der Waals surface area (Å²) in [5.74, 6) is -1.98. The van der Waals surface area contributed by atoms with E-state index in [-0.39, 0.29) is 23.1 Å². The predicted molar refractivity (Wildman–Crippen MR) is 158 cm³/mol. The van der Waals surface area contributed by atoms with Gasteiger partial charge >= 0.3 is 0 Å². The zero-order valence-electron chi connectivity index (χ0n) is 23.3. The van der Waals surface area contributed by atoms with Crippen LogP contribution in [-0.2, 0) is 24.3 Å². The highest BCUT2D eigenvalue weighted by atomic mass is 35.5. The second-order valence-electron chi connectivity index (χ2n) is 10.9. The SMILES string of the molecule is C=C[C@@H]1C[C@]1(NC(=O)C(c1ccccc1)n1c(C)c(Cl)nc(NCCN2CCOCC2)c1=O)C(=O)NS(=O)(=O)C1CC1. The van der Waals surface area contributed by atoms with Crippen molar-refractivity contribution < 1.29 is 22.7 Å². The van der Waals surface area contributed by atoms with Crippen LogP contribution < -0.4 is 20.9 Å². The minimum atomic E-state index is -3.85. The standard InChI is InChI=1S/C28H35ClN6O6S/c1-3-20-17-28(20,27(38)33-42(39,40)21-9-10-21)32-25(36)22(19-7-5-4-6-8-19)35-18(2)23(29)31-24(26(35)37)30-11-12-34-13-15-41-16-14-34/h3-8,20-22H,1,9-17H2,2H3,(H,30,31)(H,32,36)(H,33,38)/t20-,22?,28-/m1/s1. The van der Waals surface area contributed by atoms with E-state index in [4.69, 9.17) is 16.3 Å². The summed E-state index contributed by atoms with van der Waals surface area (Å²) in [6.45, 7) is 9.27. The van der Waals surface area contributed by atoms with Gasteiger partial charge in [0.05, 0.1) is 24.2 Å². The summed E-state index contributed by atoms with van der Waals surface area (Å²) >= 11 is 6.49. The first-order valence-corrected chi connectivity index (χ1v) is 15.9. The highest BCUT2D eigenvalue weighted by molar-refractivity contribution is 7.91. The Bertz CT molecular complexity index is 1520. The summed E-state index contributed by atoms with van der Waals surface area (Å²) in [7, 11) is -3.85. The summed E-state index contributed by atoms with van der Waals surface area (Å²) < 4.78 is 33.9. The number of carbonyl (C=O) groups is 2. The number of anilines is 1. The van der Waals surface area contributed by atoms with Crippen LogP contribution in [0.3, 0.4) is 0 Å². The Labute approximate surface area is 249 Å². The van der Waals surface area contributed by atoms with Gasteiger partial charge in [-0.15, -0.1) is 6.58 Å². The van der Waals surface area contributed by atoms with Crippen LogP contribution in [0.4, 0.5) is 5.82 Å². The van der Waals surface area contributed by atoms with Gasteiger partial charge in [-0.1, -0.05) is 48.0 Å². The van der Waals surface area contributed by atoms with E-state index in [2.05, 4.69) is 31.8 Å². The molecule has 0 spiro atoms. The average Bonchev–Trinajstić information content (AvgIpc) is 3.90. The number of carbonyl (C=O) groups excluding carboxylic acids is 2. The number of rotatable bonds is 12. The first-order chi connectivity index (χ1) is 20.1. The largest absolute Gasteiger partial charge is 0.379 e. The van der Waals surface area contributed by atoms with Gasteiger partial charge in [0.2, 0.25) is 15.9 Å². The Morgan fingerprint density at radius 3 is 2.55 bits per heavy atom. The third kappa shape index (κ3) is 6.24. The average molecular weight is 619 g/mol. The maximum absolute atomic E-state index is 14.1. The number of hydrogen-bond acceptors (Lipinski definition) is 9. The smallest absolute Gasteiger partial charge is 0.294 e. The summed E-state index contributed by atoms with van der Waals surface area (Å²) in [5.41, 5.74) is -1.34. The summed E-state index contributed by atoms with van der Waals surface area (Å²) in [5, 5.41) is 5.27.